The summed E-state index contributed by atoms with van der Waals surface area (Å²) in [6, 6.07) is 0.938. The summed E-state index contributed by atoms with van der Waals surface area (Å²) in [5.41, 5.74) is 0. The number of carbonyl (C=O) groups excluding carboxylic acids is 1. The number of nitrogens with one attached hydrogen (secondary N) is 1. The van der Waals surface area contributed by atoms with Crippen molar-refractivity contribution in [2.75, 3.05) is 13.1 Å². The molecule has 0 aromatic carbocycles. The molecule has 3 nitrogen and oxygen atoms in total. The molecule has 2 unspecified atom stereocenters. The summed E-state index contributed by atoms with van der Waals surface area (Å²) in [7, 11) is 0. The SMILES string of the molecule is CCC(C)NCC(=O)N1CCCC1CC. The Morgan fingerprint density at radius 3 is 2.87 bits per heavy atom. The molecule has 2 atom stereocenters. The van der Waals surface area contributed by atoms with Crippen molar-refractivity contribution in [3.8, 4) is 0 Å². The minimum absolute atomic E-state index is 0.277. The molecular weight excluding hydrogens is 188 g/mol. The van der Waals surface area contributed by atoms with E-state index in [2.05, 4.69) is 31.0 Å². The third-order valence-electron chi connectivity index (χ3n) is 3.38. The van der Waals surface area contributed by atoms with Crippen LogP contribution in [0, 0.1) is 0 Å². The van der Waals surface area contributed by atoms with E-state index in [4.69, 9.17) is 0 Å². The molecule has 0 spiro atoms. The predicted molar refractivity (Wildman–Crippen MR) is 62.8 cm³/mol. The Morgan fingerprint density at radius 1 is 1.53 bits per heavy atom. The van der Waals surface area contributed by atoms with Gasteiger partial charge in [-0.15, -0.1) is 0 Å². The van der Waals surface area contributed by atoms with E-state index in [1.165, 1.54) is 12.8 Å². The summed E-state index contributed by atoms with van der Waals surface area (Å²) in [6.07, 6.45) is 4.53. The molecule has 0 aliphatic carbocycles. The average molecular weight is 212 g/mol. The lowest BCUT2D eigenvalue weighted by molar-refractivity contribution is -0.131. The van der Waals surface area contributed by atoms with Gasteiger partial charge in [-0.1, -0.05) is 13.8 Å². The maximum Gasteiger partial charge on any atom is 0.236 e. The normalized spacial score (nSPS) is 23.1. The molecule has 0 saturated carbocycles. The van der Waals surface area contributed by atoms with Crippen molar-refractivity contribution in [2.24, 2.45) is 0 Å². The van der Waals surface area contributed by atoms with Gasteiger partial charge in [0.2, 0.25) is 5.91 Å². The number of hydrogen-bond acceptors (Lipinski definition) is 2. The van der Waals surface area contributed by atoms with Gasteiger partial charge in [-0.25, -0.2) is 0 Å². The second kappa shape index (κ2) is 6.11. The van der Waals surface area contributed by atoms with Crippen molar-refractivity contribution in [1.82, 2.24) is 10.2 Å². The fourth-order valence-corrected chi connectivity index (χ4v) is 2.10. The Balaban J connectivity index is 2.33. The highest BCUT2D eigenvalue weighted by Crippen LogP contribution is 2.19. The van der Waals surface area contributed by atoms with Gasteiger partial charge in [-0.3, -0.25) is 4.79 Å². The van der Waals surface area contributed by atoms with Crippen molar-refractivity contribution in [3.05, 3.63) is 0 Å². The monoisotopic (exact) mass is 212 g/mol. The molecule has 0 aromatic heterocycles. The maximum absolute atomic E-state index is 11.9. The van der Waals surface area contributed by atoms with Crippen LogP contribution in [0.2, 0.25) is 0 Å². The van der Waals surface area contributed by atoms with Gasteiger partial charge < -0.3 is 10.2 Å². The summed E-state index contributed by atoms with van der Waals surface area (Å²) in [5.74, 6) is 0.277. The molecule has 1 rings (SSSR count). The smallest absolute Gasteiger partial charge is 0.236 e. The van der Waals surface area contributed by atoms with Gasteiger partial charge >= 0.3 is 0 Å². The molecule has 0 aromatic rings. The van der Waals surface area contributed by atoms with E-state index in [-0.39, 0.29) is 5.91 Å². The van der Waals surface area contributed by atoms with E-state index in [1.807, 2.05) is 0 Å². The molecule has 1 aliphatic heterocycles. The van der Waals surface area contributed by atoms with Gasteiger partial charge in [-0.2, -0.15) is 0 Å². The van der Waals surface area contributed by atoms with Crippen LogP contribution in [0.15, 0.2) is 0 Å². The first-order valence-electron chi connectivity index (χ1n) is 6.21. The lowest BCUT2D eigenvalue weighted by Gasteiger charge is -2.24. The van der Waals surface area contributed by atoms with Crippen molar-refractivity contribution in [2.45, 2.75) is 58.5 Å². The van der Waals surface area contributed by atoms with E-state index < -0.39 is 0 Å². The van der Waals surface area contributed by atoms with Crippen molar-refractivity contribution >= 4 is 5.91 Å². The summed E-state index contributed by atoms with van der Waals surface area (Å²) in [5, 5.41) is 3.26. The van der Waals surface area contributed by atoms with Crippen LogP contribution in [-0.4, -0.2) is 36.0 Å². The number of rotatable bonds is 5. The topological polar surface area (TPSA) is 32.3 Å². The van der Waals surface area contributed by atoms with Crippen LogP contribution in [0.5, 0.6) is 0 Å². The fourth-order valence-electron chi connectivity index (χ4n) is 2.10. The van der Waals surface area contributed by atoms with Crippen LogP contribution in [-0.2, 0) is 4.79 Å². The minimum Gasteiger partial charge on any atom is -0.339 e. The van der Waals surface area contributed by atoms with Crippen LogP contribution < -0.4 is 5.32 Å². The van der Waals surface area contributed by atoms with Crippen LogP contribution in [0.4, 0.5) is 0 Å². The van der Waals surface area contributed by atoms with Gasteiger partial charge in [0.05, 0.1) is 6.54 Å². The van der Waals surface area contributed by atoms with E-state index in [0.717, 1.165) is 19.4 Å². The first-order valence-corrected chi connectivity index (χ1v) is 6.21. The van der Waals surface area contributed by atoms with E-state index in [0.29, 0.717) is 18.6 Å². The Hall–Kier alpha value is -0.570. The fraction of sp³-hybridized carbons (Fsp3) is 0.917. The van der Waals surface area contributed by atoms with Gasteiger partial charge in [0.25, 0.3) is 0 Å². The largest absolute Gasteiger partial charge is 0.339 e. The van der Waals surface area contributed by atoms with Gasteiger partial charge in [0, 0.05) is 18.6 Å². The van der Waals surface area contributed by atoms with Crippen LogP contribution >= 0.6 is 0 Å². The lowest BCUT2D eigenvalue weighted by atomic mass is 10.2. The van der Waals surface area contributed by atoms with Crippen LogP contribution in [0.25, 0.3) is 0 Å². The standard InChI is InChI=1S/C12H24N2O/c1-4-10(3)13-9-12(15)14-8-6-7-11(14)5-2/h10-11,13H,4-9H2,1-3H3. The molecule has 88 valence electrons. The zero-order valence-corrected chi connectivity index (χ0v) is 10.3. The Bertz CT molecular complexity index is 206. The highest BCUT2D eigenvalue weighted by atomic mass is 16.2. The van der Waals surface area contributed by atoms with Crippen molar-refractivity contribution < 1.29 is 4.79 Å². The third-order valence-corrected chi connectivity index (χ3v) is 3.38. The van der Waals surface area contributed by atoms with Gasteiger partial charge in [0.15, 0.2) is 0 Å². The van der Waals surface area contributed by atoms with E-state index >= 15 is 0 Å². The molecule has 3 heteroatoms. The number of carbonyl (C=O) groups is 1. The summed E-state index contributed by atoms with van der Waals surface area (Å²) < 4.78 is 0. The number of amides is 1. The first kappa shape index (κ1) is 12.5. The average Bonchev–Trinajstić information content (AvgIpc) is 2.73. The number of nitrogens with zero attached hydrogens (tertiary/aromatic N) is 1. The highest BCUT2D eigenvalue weighted by Gasteiger charge is 2.26. The quantitative estimate of drug-likeness (QED) is 0.753. The summed E-state index contributed by atoms with van der Waals surface area (Å²) >= 11 is 0. The second-order valence-electron chi connectivity index (χ2n) is 4.48. The molecule has 1 N–H and O–H groups in total. The molecule has 0 radical (unpaired) electrons. The molecule has 1 aliphatic rings. The Morgan fingerprint density at radius 2 is 2.27 bits per heavy atom. The molecule has 15 heavy (non-hydrogen) atoms. The Labute approximate surface area is 93.2 Å². The first-order chi connectivity index (χ1) is 7.19. The van der Waals surface area contributed by atoms with E-state index in [9.17, 15) is 4.79 Å². The third kappa shape index (κ3) is 3.49. The molecule has 1 heterocycles. The van der Waals surface area contributed by atoms with Gasteiger partial charge in [-0.05, 0) is 32.6 Å². The number of likely N-dealkylation sites (tertiary alicyclic amines) is 1. The molecule has 1 saturated heterocycles. The highest BCUT2D eigenvalue weighted by molar-refractivity contribution is 5.78. The van der Waals surface area contributed by atoms with Crippen molar-refractivity contribution in [1.29, 1.82) is 0 Å². The molecule has 1 amide bonds. The van der Waals surface area contributed by atoms with Crippen LogP contribution in [0.1, 0.15) is 46.5 Å². The van der Waals surface area contributed by atoms with Gasteiger partial charge in [0.1, 0.15) is 0 Å². The number of hydrogen-bond donors (Lipinski definition) is 1. The van der Waals surface area contributed by atoms with Crippen LogP contribution in [0.3, 0.4) is 0 Å². The lowest BCUT2D eigenvalue weighted by Crippen LogP contribution is -2.42. The molecular formula is C12H24N2O. The molecule has 0 bridgehead atoms. The predicted octanol–water partition coefficient (Wildman–Crippen LogP) is 1.78. The second-order valence-corrected chi connectivity index (χ2v) is 4.48. The summed E-state index contributed by atoms with van der Waals surface area (Å²) in [4.78, 5) is 13.9. The zero-order valence-electron chi connectivity index (χ0n) is 10.3. The minimum atomic E-state index is 0.277. The van der Waals surface area contributed by atoms with Crippen molar-refractivity contribution in [3.63, 3.8) is 0 Å². The zero-order chi connectivity index (χ0) is 11.3. The Kier molecular flexibility index (Phi) is 5.09. The summed E-state index contributed by atoms with van der Waals surface area (Å²) in [6.45, 7) is 7.88. The molecule has 1 fully saturated rings. The van der Waals surface area contributed by atoms with E-state index in [1.54, 1.807) is 0 Å². The maximum atomic E-state index is 11.9.